The lowest BCUT2D eigenvalue weighted by atomic mass is 10.1. The number of aliphatic hydroxyl groups is 1. The van der Waals surface area contributed by atoms with Crippen molar-refractivity contribution >= 4 is 11.8 Å². The molecule has 6 heteroatoms. The van der Waals surface area contributed by atoms with E-state index >= 15 is 0 Å². The van der Waals surface area contributed by atoms with Gasteiger partial charge < -0.3 is 19.6 Å². The fraction of sp³-hybridized carbons (Fsp3) is 0.333. The Morgan fingerprint density at radius 2 is 1.92 bits per heavy atom. The van der Waals surface area contributed by atoms with Gasteiger partial charge in [-0.05, 0) is 32.4 Å². The van der Waals surface area contributed by atoms with E-state index in [4.69, 9.17) is 9.47 Å². The van der Waals surface area contributed by atoms with Crippen LogP contribution in [0.25, 0.3) is 0 Å². The highest BCUT2D eigenvalue weighted by atomic mass is 16.5. The SMILES string of the molecule is CCOC(=O)c1c(C)[nH]c(C(=O)COc2ccccc2CO)c1C. The van der Waals surface area contributed by atoms with E-state index in [2.05, 4.69) is 4.98 Å². The number of esters is 1. The van der Waals surface area contributed by atoms with Gasteiger partial charge in [-0.25, -0.2) is 4.79 Å². The number of carbonyl (C=O) groups is 2. The highest BCUT2D eigenvalue weighted by Crippen LogP contribution is 2.21. The van der Waals surface area contributed by atoms with Crippen LogP contribution >= 0.6 is 0 Å². The third kappa shape index (κ3) is 3.65. The van der Waals surface area contributed by atoms with Crippen molar-refractivity contribution in [3.8, 4) is 5.75 Å². The minimum Gasteiger partial charge on any atom is -0.485 e. The van der Waals surface area contributed by atoms with Crippen molar-refractivity contribution in [1.82, 2.24) is 4.98 Å². The predicted octanol–water partition coefficient (Wildman–Crippen LogP) is 2.56. The second-order valence-corrected chi connectivity index (χ2v) is 5.32. The smallest absolute Gasteiger partial charge is 0.340 e. The number of aromatic nitrogens is 1. The monoisotopic (exact) mass is 331 g/mol. The van der Waals surface area contributed by atoms with E-state index in [0.717, 1.165) is 0 Å². The zero-order chi connectivity index (χ0) is 17.7. The summed E-state index contributed by atoms with van der Waals surface area (Å²) in [7, 11) is 0. The molecule has 0 unspecified atom stereocenters. The maximum Gasteiger partial charge on any atom is 0.340 e. The molecule has 0 bridgehead atoms. The average Bonchev–Trinajstić information content (AvgIpc) is 2.87. The van der Waals surface area contributed by atoms with Crippen LogP contribution in [0.5, 0.6) is 5.75 Å². The molecule has 0 aliphatic heterocycles. The van der Waals surface area contributed by atoms with E-state index in [1.54, 1.807) is 45.0 Å². The maximum atomic E-state index is 12.4. The van der Waals surface area contributed by atoms with Crippen molar-refractivity contribution in [3.63, 3.8) is 0 Å². The molecule has 0 atom stereocenters. The lowest BCUT2D eigenvalue weighted by Gasteiger charge is -2.09. The Morgan fingerprint density at radius 3 is 2.58 bits per heavy atom. The molecule has 1 heterocycles. The summed E-state index contributed by atoms with van der Waals surface area (Å²) in [5.41, 5.74) is 2.46. The Hall–Kier alpha value is -2.60. The molecule has 24 heavy (non-hydrogen) atoms. The number of Topliss-reactive ketones (excluding diaryl/α,β-unsaturated/α-hetero) is 1. The van der Waals surface area contributed by atoms with Crippen LogP contribution in [0.1, 0.15) is 44.6 Å². The average molecular weight is 331 g/mol. The van der Waals surface area contributed by atoms with Crippen molar-refractivity contribution in [2.24, 2.45) is 0 Å². The molecular formula is C18H21NO5. The van der Waals surface area contributed by atoms with E-state index in [-0.39, 0.29) is 25.6 Å². The molecule has 2 N–H and O–H groups in total. The Labute approximate surface area is 140 Å². The van der Waals surface area contributed by atoms with Gasteiger partial charge in [0.1, 0.15) is 5.75 Å². The van der Waals surface area contributed by atoms with Crippen LogP contribution in [0.4, 0.5) is 0 Å². The summed E-state index contributed by atoms with van der Waals surface area (Å²) in [6.45, 7) is 5.06. The van der Waals surface area contributed by atoms with Crippen molar-refractivity contribution in [2.75, 3.05) is 13.2 Å². The van der Waals surface area contributed by atoms with Gasteiger partial charge in [-0.2, -0.15) is 0 Å². The molecular weight excluding hydrogens is 310 g/mol. The van der Waals surface area contributed by atoms with Crippen molar-refractivity contribution in [3.05, 3.63) is 52.3 Å². The molecule has 2 rings (SSSR count). The number of rotatable bonds is 7. The summed E-state index contributed by atoms with van der Waals surface area (Å²) < 4.78 is 10.5. The highest BCUT2D eigenvalue weighted by Gasteiger charge is 2.23. The third-order valence-electron chi connectivity index (χ3n) is 3.70. The first-order chi connectivity index (χ1) is 11.5. The normalized spacial score (nSPS) is 10.5. The maximum absolute atomic E-state index is 12.4. The van der Waals surface area contributed by atoms with Crippen molar-refractivity contribution < 1.29 is 24.2 Å². The number of ether oxygens (including phenoxy) is 2. The summed E-state index contributed by atoms with van der Waals surface area (Å²) in [5.74, 6) is -0.270. The van der Waals surface area contributed by atoms with E-state index < -0.39 is 5.97 Å². The van der Waals surface area contributed by atoms with Crippen LogP contribution in [-0.2, 0) is 11.3 Å². The molecule has 2 aromatic rings. The number of nitrogens with one attached hydrogen (secondary N) is 1. The number of hydrogen-bond acceptors (Lipinski definition) is 5. The van der Waals surface area contributed by atoms with Gasteiger partial charge in [0.15, 0.2) is 6.61 Å². The second-order valence-electron chi connectivity index (χ2n) is 5.32. The number of para-hydroxylation sites is 1. The van der Waals surface area contributed by atoms with E-state index in [9.17, 15) is 14.7 Å². The first-order valence-electron chi connectivity index (χ1n) is 7.70. The molecule has 0 spiro atoms. The molecule has 1 aromatic heterocycles. The van der Waals surface area contributed by atoms with E-state index in [0.29, 0.717) is 33.8 Å². The number of aromatic amines is 1. The van der Waals surface area contributed by atoms with Gasteiger partial charge in [-0.1, -0.05) is 18.2 Å². The first kappa shape index (κ1) is 17.7. The molecule has 0 fully saturated rings. The van der Waals surface area contributed by atoms with Crippen LogP contribution in [-0.4, -0.2) is 35.1 Å². The summed E-state index contributed by atoms with van der Waals surface area (Å²) in [6.07, 6.45) is 0. The van der Waals surface area contributed by atoms with Gasteiger partial charge in [-0.15, -0.1) is 0 Å². The van der Waals surface area contributed by atoms with Gasteiger partial charge >= 0.3 is 5.97 Å². The minimum atomic E-state index is -0.450. The van der Waals surface area contributed by atoms with Crippen molar-refractivity contribution in [1.29, 1.82) is 0 Å². The Bertz CT molecular complexity index is 748. The largest absolute Gasteiger partial charge is 0.485 e. The zero-order valence-electron chi connectivity index (χ0n) is 14.0. The second kappa shape index (κ2) is 7.79. The first-order valence-corrected chi connectivity index (χ1v) is 7.70. The molecule has 0 saturated carbocycles. The Morgan fingerprint density at radius 1 is 1.21 bits per heavy atom. The van der Waals surface area contributed by atoms with Crippen LogP contribution in [0, 0.1) is 13.8 Å². The summed E-state index contributed by atoms with van der Waals surface area (Å²) >= 11 is 0. The fourth-order valence-electron chi connectivity index (χ4n) is 2.53. The van der Waals surface area contributed by atoms with Gasteiger partial charge in [-0.3, -0.25) is 4.79 Å². The third-order valence-corrected chi connectivity index (χ3v) is 3.70. The molecule has 128 valence electrons. The van der Waals surface area contributed by atoms with Gasteiger partial charge in [0, 0.05) is 11.3 Å². The van der Waals surface area contributed by atoms with Crippen LogP contribution in [0.15, 0.2) is 24.3 Å². The standard InChI is InChI=1S/C18H21NO5/c1-4-23-18(22)16-11(2)17(19-12(16)3)14(21)10-24-15-8-6-5-7-13(15)9-20/h5-8,19-20H,4,9-10H2,1-3H3. The summed E-state index contributed by atoms with van der Waals surface area (Å²) in [4.78, 5) is 27.3. The zero-order valence-corrected chi connectivity index (χ0v) is 14.0. The summed E-state index contributed by atoms with van der Waals surface area (Å²) in [5, 5.41) is 9.27. The van der Waals surface area contributed by atoms with Crippen LogP contribution < -0.4 is 4.74 Å². The fourth-order valence-corrected chi connectivity index (χ4v) is 2.53. The molecule has 0 amide bonds. The van der Waals surface area contributed by atoms with Crippen molar-refractivity contribution in [2.45, 2.75) is 27.4 Å². The summed E-state index contributed by atoms with van der Waals surface area (Å²) in [6, 6.07) is 6.96. The molecule has 6 nitrogen and oxygen atoms in total. The molecule has 1 aromatic carbocycles. The molecule has 0 aliphatic rings. The van der Waals surface area contributed by atoms with E-state index in [1.165, 1.54) is 0 Å². The lowest BCUT2D eigenvalue weighted by molar-refractivity contribution is 0.0525. The number of H-pyrrole nitrogens is 1. The quantitative estimate of drug-likeness (QED) is 0.601. The predicted molar refractivity (Wildman–Crippen MR) is 88.4 cm³/mol. The number of carbonyl (C=O) groups excluding carboxylic acids is 2. The molecule has 0 aliphatic carbocycles. The Balaban J connectivity index is 2.16. The van der Waals surface area contributed by atoms with Gasteiger partial charge in [0.05, 0.1) is 24.5 Å². The minimum absolute atomic E-state index is 0.169. The van der Waals surface area contributed by atoms with E-state index in [1.807, 2.05) is 0 Å². The van der Waals surface area contributed by atoms with Crippen LogP contribution in [0.3, 0.4) is 0 Å². The number of ketones is 1. The molecule has 0 saturated heterocycles. The highest BCUT2D eigenvalue weighted by molar-refractivity contribution is 6.02. The molecule has 0 radical (unpaired) electrons. The lowest BCUT2D eigenvalue weighted by Crippen LogP contribution is -2.14. The number of benzene rings is 1. The topological polar surface area (TPSA) is 88.6 Å². The van der Waals surface area contributed by atoms with Gasteiger partial charge in [0.2, 0.25) is 5.78 Å². The Kier molecular flexibility index (Phi) is 5.76. The van der Waals surface area contributed by atoms with Gasteiger partial charge in [0.25, 0.3) is 0 Å². The number of aryl methyl sites for hydroxylation is 1. The number of hydrogen-bond donors (Lipinski definition) is 2. The number of aliphatic hydroxyl groups excluding tert-OH is 1. The van der Waals surface area contributed by atoms with Crippen LogP contribution in [0.2, 0.25) is 0 Å².